The van der Waals surface area contributed by atoms with Crippen LogP contribution in [0.5, 0.6) is 0 Å². The van der Waals surface area contributed by atoms with E-state index in [1.807, 2.05) is 44.2 Å². The van der Waals surface area contributed by atoms with Gasteiger partial charge in [0, 0.05) is 0 Å². The van der Waals surface area contributed by atoms with E-state index < -0.39 is 6.04 Å². The SMILES string of the molecule is CC(C)C[C@@H](N)C(=O)N[C@H](CO)Cc1ccccc1. The molecule has 0 saturated heterocycles. The molecule has 0 saturated carbocycles. The lowest BCUT2D eigenvalue weighted by Gasteiger charge is -2.20. The van der Waals surface area contributed by atoms with Gasteiger partial charge in [-0.25, -0.2) is 0 Å². The van der Waals surface area contributed by atoms with Gasteiger partial charge in [-0.15, -0.1) is 0 Å². The maximum atomic E-state index is 11.9. The summed E-state index contributed by atoms with van der Waals surface area (Å²) < 4.78 is 0. The van der Waals surface area contributed by atoms with Crippen LogP contribution >= 0.6 is 0 Å². The molecule has 1 amide bonds. The fourth-order valence-corrected chi connectivity index (χ4v) is 1.98. The highest BCUT2D eigenvalue weighted by Gasteiger charge is 2.18. The molecular formula is C15H24N2O2. The van der Waals surface area contributed by atoms with Gasteiger partial charge in [0.15, 0.2) is 0 Å². The molecule has 0 radical (unpaired) electrons. The smallest absolute Gasteiger partial charge is 0.237 e. The van der Waals surface area contributed by atoms with Gasteiger partial charge >= 0.3 is 0 Å². The highest BCUT2D eigenvalue weighted by Crippen LogP contribution is 2.05. The number of hydrogen-bond donors (Lipinski definition) is 3. The Morgan fingerprint density at radius 2 is 1.95 bits per heavy atom. The van der Waals surface area contributed by atoms with E-state index in [2.05, 4.69) is 5.32 Å². The third-order valence-corrected chi connectivity index (χ3v) is 2.95. The monoisotopic (exact) mass is 264 g/mol. The average molecular weight is 264 g/mol. The number of amides is 1. The molecule has 4 heteroatoms. The number of carbonyl (C=O) groups is 1. The van der Waals surface area contributed by atoms with Gasteiger partial charge in [-0.3, -0.25) is 4.79 Å². The van der Waals surface area contributed by atoms with Crippen molar-refractivity contribution in [1.29, 1.82) is 0 Å². The lowest BCUT2D eigenvalue weighted by molar-refractivity contribution is -0.123. The summed E-state index contributed by atoms with van der Waals surface area (Å²) in [5.74, 6) is 0.186. The topological polar surface area (TPSA) is 75.4 Å². The molecule has 0 aliphatic rings. The summed E-state index contributed by atoms with van der Waals surface area (Å²) in [5.41, 5.74) is 6.90. The Balaban J connectivity index is 2.50. The number of hydrogen-bond acceptors (Lipinski definition) is 3. The minimum absolute atomic E-state index is 0.0883. The second-order valence-corrected chi connectivity index (χ2v) is 5.31. The summed E-state index contributed by atoms with van der Waals surface area (Å²) in [6, 6.07) is 8.98. The summed E-state index contributed by atoms with van der Waals surface area (Å²) >= 11 is 0. The fraction of sp³-hybridized carbons (Fsp3) is 0.533. The fourth-order valence-electron chi connectivity index (χ4n) is 1.98. The van der Waals surface area contributed by atoms with E-state index in [4.69, 9.17) is 5.73 Å². The normalized spacial score (nSPS) is 14.2. The molecule has 1 rings (SSSR count). The van der Waals surface area contributed by atoms with E-state index in [1.54, 1.807) is 0 Å². The highest BCUT2D eigenvalue weighted by atomic mass is 16.3. The van der Waals surface area contributed by atoms with E-state index in [0.29, 0.717) is 18.8 Å². The van der Waals surface area contributed by atoms with Crippen LogP contribution in [-0.4, -0.2) is 29.7 Å². The van der Waals surface area contributed by atoms with Crippen LogP contribution in [0.3, 0.4) is 0 Å². The van der Waals surface area contributed by atoms with Crippen molar-refractivity contribution < 1.29 is 9.90 Å². The molecule has 19 heavy (non-hydrogen) atoms. The standard InChI is InChI=1S/C15H24N2O2/c1-11(2)8-14(16)15(19)17-13(10-18)9-12-6-4-3-5-7-12/h3-7,11,13-14,18H,8-10,16H2,1-2H3,(H,17,19)/t13-,14+/m0/s1. The zero-order chi connectivity index (χ0) is 14.3. The second-order valence-electron chi connectivity index (χ2n) is 5.31. The van der Waals surface area contributed by atoms with Gasteiger partial charge in [-0.1, -0.05) is 44.2 Å². The molecule has 4 N–H and O–H groups in total. The predicted octanol–water partition coefficient (Wildman–Crippen LogP) is 1.08. The predicted molar refractivity (Wildman–Crippen MR) is 76.6 cm³/mol. The van der Waals surface area contributed by atoms with Crippen molar-refractivity contribution in [2.45, 2.75) is 38.8 Å². The van der Waals surface area contributed by atoms with Crippen molar-refractivity contribution in [1.82, 2.24) is 5.32 Å². The Bertz CT molecular complexity index is 379. The summed E-state index contributed by atoms with van der Waals surface area (Å²) in [4.78, 5) is 11.9. The molecule has 0 unspecified atom stereocenters. The van der Waals surface area contributed by atoms with Crippen LogP contribution in [0.4, 0.5) is 0 Å². The summed E-state index contributed by atoms with van der Waals surface area (Å²) in [6.07, 6.45) is 1.26. The molecule has 0 aliphatic heterocycles. The van der Waals surface area contributed by atoms with Crippen molar-refractivity contribution in [3.05, 3.63) is 35.9 Å². The first-order valence-electron chi connectivity index (χ1n) is 6.73. The Morgan fingerprint density at radius 3 is 2.47 bits per heavy atom. The summed E-state index contributed by atoms with van der Waals surface area (Å²) in [7, 11) is 0. The van der Waals surface area contributed by atoms with Gasteiger partial charge < -0.3 is 16.2 Å². The third kappa shape index (κ3) is 5.85. The van der Waals surface area contributed by atoms with E-state index in [0.717, 1.165) is 5.56 Å². The largest absolute Gasteiger partial charge is 0.394 e. The van der Waals surface area contributed by atoms with Gasteiger partial charge in [0.05, 0.1) is 18.7 Å². The Hall–Kier alpha value is -1.39. The molecule has 0 heterocycles. The number of aliphatic hydroxyl groups excluding tert-OH is 1. The van der Waals surface area contributed by atoms with Crippen LogP contribution in [0, 0.1) is 5.92 Å². The number of nitrogens with one attached hydrogen (secondary N) is 1. The first-order valence-corrected chi connectivity index (χ1v) is 6.73. The number of rotatable bonds is 7. The van der Waals surface area contributed by atoms with Crippen molar-refractivity contribution in [3.8, 4) is 0 Å². The van der Waals surface area contributed by atoms with E-state index in [-0.39, 0.29) is 18.6 Å². The minimum Gasteiger partial charge on any atom is -0.394 e. The third-order valence-electron chi connectivity index (χ3n) is 2.95. The van der Waals surface area contributed by atoms with E-state index >= 15 is 0 Å². The van der Waals surface area contributed by atoms with Crippen LogP contribution in [0.2, 0.25) is 0 Å². The molecule has 0 fully saturated rings. The van der Waals surface area contributed by atoms with Crippen LogP contribution in [0.25, 0.3) is 0 Å². The van der Waals surface area contributed by atoms with Crippen LogP contribution < -0.4 is 11.1 Å². The number of carbonyl (C=O) groups excluding carboxylic acids is 1. The van der Waals surface area contributed by atoms with Crippen molar-refractivity contribution >= 4 is 5.91 Å². The lowest BCUT2D eigenvalue weighted by Crippen LogP contribution is -2.48. The number of benzene rings is 1. The van der Waals surface area contributed by atoms with Gasteiger partial charge in [-0.05, 0) is 24.3 Å². The molecule has 0 spiro atoms. The van der Waals surface area contributed by atoms with Gasteiger partial charge in [0.2, 0.25) is 5.91 Å². The van der Waals surface area contributed by atoms with Crippen molar-refractivity contribution in [2.75, 3.05) is 6.61 Å². The molecule has 4 nitrogen and oxygen atoms in total. The van der Waals surface area contributed by atoms with E-state index in [1.165, 1.54) is 0 Å². The second kappa shape index (κ2) is 7.92. The quantitative estimate of drug-likeness (QED) is 0.690. The maximum absolute atomic E-state index is 11.9. The zero-order valence-corrected chi connectivity index (χ0v) is 11.7. The molecule has 1 aromatic carbocycles. The Morgan fingerprint density at radius 1 is 1.32 bits per heavy atom. The Kier molecular flexibility index (Phi) is 6.53. The average Bonchev–Trinajstić information content (AvgIpc) is 2.38. The molecule has 0 aliphatic carbocycles. The van der Waals surface area contributed by atoms with Gasteiger partial charge in [0.25, 0.3) is 0 Å². The van der Waals surface area contributed by atoms with Gasteiger partial charge in [-0.2, -0.15) is 0 Å². The number of nitrogens with two attached hydrogens (primary N) is 1. The van der Waals surface area contributed by atoms with Crippen LogP contribution in [0.15, 0.2) is 30.3 Å². The van der Waals surface area contributed by atoms with Crippen LogP contribution in [0.1, 0.15) is 25.8 Å². The van der Waals surface area contributed by atoms with Crippen molar-refractivity contribution in [3.63, 3.8) is 0 Å². The number of aliphatic hydroxyl groups is 1. The zero-order valence-electron chi connectivity index (χ0n) is 11.7. The summed E-state index contributed by atoms with van der Waals surface area (Å²) in [6.45, 7) is 3.97. The van der Waals surface area contributed by atoms with Crippen LogP contribution in [-0.2, 0) is 11.2 Å². The first-order chi connectivity index (χ1) is 9.02. The molecule has 106 valence electrons. The first kappa shape index (κ1) is 15.7. The van der Waals surface area contributed by atoms with E-state index in [9.17, 15) is 9.90 Å². The lowest BCUT2D eigenvalue weighted by atomic mass is 10.0. The molecular weight excluding hydrogens is 240 g/mol. The summed E-state index contributed by atoms with van der Waals surface area (Å²) in [5, 5.41) is 12.2. The molecule has 2 atom stereocenters. The molecule has 0 bridgehead atoms. The highest BCUT2D eigenvalue weighted by molar-refractivity contribution is 5.81. The Labute approximate surface area is 115 Å². The molecule has 0 aromatic heterocycles. The minimum atomic E-state index is -0.509. The van der Waals surface area contributed by atoms with Crippen molar-refractivity contribution in [2.24, 2.45) is 11.7 Å². The maximum Gasteiger partial charge on any atom is 0.237 e. The van der Waals surface area contributed by atoms with Gasteiger partial charge in [0.1, 0.15) is 0 Å². The molecule has 1 aromatic rings.